The van der Waals surface area contributed by atoms with E-state index in [2.05, 4.69) is 4.90 Å². The number of amides is 1. The van der Waals surface area contributed by atoms with Crippen molar-refractivity contribution in [2.45, 2.75) is 19.6 Å². The molecule has 1 aromatic carbocycles. The van der Waals surface area contributed by atoms with Crippen molar-refractivity contribution < 1.29 is 24.1 Å². The van der Waals surface area contributed by atoms with Crippen molar-refractivity contribution >= 4 is 6.09 Å². The maximum absolute atomic E-state index is 11.8. The van der Waals surface area contributed by atoms with Gasteiger partial charge in [0, 0.05) is 44.8 Å². The highest BCUT2D eigenvalue weighted by molar-refractivity contribution is 5.67. The molecule has 28 heavy (non-hydrogen) atoms. The SMILES string of the molecule is CCOC(=O)N1CCN(Cc2cc(OC)ccc2OC[C@@H](O)CN(C)C)CC1. The van der Waals surface area contributed by atoms with Crippen molar-refractivity contribution in [3.8, 4) is 11.5 Å². The zero-order valence-corrected chi connectivity index (χ0v) is 17.4. The van der Waals surface area contributed by atoms with Gasteiger partial charge < -0.3 is 29.1 Å². The number of likely N-dealkylation sites (N-methyl/N-ethyl adjacent to an activating group) is 1. The van der Waals surface area contributed by atoms with Gasteiger partial charge in [0.25, 0.3) is 0 Å². The van der Waals surface area contributed by atoms with Crippen LogP contribution in [0.2, 0.25) is 0 Å². The van der Waals surface area contributed by atoms with Crippen molar-refractivity contribution in [1.29, 1.82) is 0 Å². The second kappa shape index (κ2) is 11.1. The molecule has 1 N–H and O–H groups in total. The van der Waals surface area contributed by atoms with Crippen molar-refractivity contribution in [3.05, 3.63) is 23.8 Å². The predicted octanol–water partition coefficient (Wildman–Crippen LogP) is 1.27. The summed E-state index contributed by atoms with van der Waals surface area (Å²) in [5, 5.41) is 10.1. The van der Waals surface area contributed by atoms with Crippen LogP contribution in [0.1, 0.15) is 12.5 Å². The van der Waals surface area contributed by atoms with Gasteiger partial charge in [-0.1, -0.05) is 0 Å². The summed E-state index contributed by atoms with van der Waals surface area (Å²) < 4.78 is 16.3. The van der Waals surface area contributed by atoms with E-state index in [1.165, 1.54) is 0 Å². The Morgan fingerprint density at radius 1 is 1.25 bits per heavy atom. The fourth-order valence-corrected chi connectivity index (χ4v) is 3.15. The Labute approximate surface area is 167 Å². The number of piperazine rings is 1. The second-order valence-electron chi connectivity index (χ2n) is 7.16. The monoisotopic (exact) mass is 395 g/mol. The number of ether oxygens (including phenoxy) is 3. The van der Waals surface area contributed by atoms with Crippen LogP contribution in [-0.2, 0) is 11.3 Å². The molecule has 0 unspecified atom stereocenters. The van der Waals surface area contributed by atoms with Crippen LogP contribution in [0.25, 0.3) is 0 Å². The average Bonchev–Trinajstić information content (AvgIpc) is 2.67. The van der Waals surface area contributed by atoms with E-state index in [-0.39, 0.29) is 12.7 Å². The highest BCUT2D eigenvalue weighted by Crippen LogP contribution is 2.26. The van der Waals surface area contributed by atoms with E-state index in [9.17, 15) is 9.90 Å². The number of hydrogen-bond acceptors (Lipinski definition) is 7. The minimum Gasteiger partial charge on any atom is -0.497 e. The summed E-state index contributed by atoms with van der Waals surface area (Å²) >= 11 is 0. The normalized spacial score (nSPS) is 16.1. The van der Waals surface area contributed by atoms with Gasteiger partial charge in [0.2, 0.25) is 0 Å². The third-order valence-corrected chi connectivity index (χ3v) is 4.57. The standard InChI is InChI=1S/C20H33N3O5/c1-5-27-20(25)23-10-8-22(9-11-23)13-16-12-18(26-4)6-7-19(16)28-15-17(24)14-21(2)3/h6-7,12,17,24H,5,8-11,13-15H2,1-4H3/t17-/m0/s1. The first-order valence-corrected chi connectivity index (χ1v) is 9.69. The number of rotatable bonds is 9. The number of hydrogen-bond donors (Lipinski definition) is 1. The van der Waals surface area contributed by atoms with Gasteiger partial charge in [-0.25, -0.2) is 4.79 Å². The van der Waals surface area contributed by atoms with Crippen molar-refractivity contribution in [2.24, 2.45) is 0 Å². The Morgan fingerprint density at radius 2 is 1.96 bits per heavy atom. The van der Waals surface area contributed by atoms with Gasteiger partial charge in [0.1, 0.15) is 24.2 Å². The number of nitrogens with zero attached hydrogens (tertiary/aromatic N) is 3. The molecule has 0 aliphatic carbocycles. The third-order valence-electron chi connectivity index (χ3n) is 4.57. The number of carbonyl (C=O) groups excluding carboxylic acids is 1. The minimum absolute atomic E-state index is 0.230. The molecule has 1 aliphatic rings. The van der Waals surface area contributed by atoms with Gasteiger partial charge in [-0.3, -0.25) is 4.90 Å². The molecule has 8 heteroatoms. The Kier molecular flexibility index (Phi) is 8.82. The first kappa shape index (κ1) is 22.3. The summed E-state index contributed by atoms with van der Waals surface area (Å²) in [6, 6.07) is 5.70. The largest absolute Gasteiger partial charge is 0.497 e. The zero-order valence-electron chi connectivity index (χ0n) is 17.4. The molecule has 0 saturated carbocycles. The van der Waals surface area contributed by atoms with Crippen LogP contribution in [0.3, 0.4) is 0 Å². The van der Waals surface area contributed by atoms with Gasteiger partial charge in [-0.05, 0) is 39.2 Å². The third kappa shape index (κ3) is 6.85. The van der Waals surface area contributed by atoms with Crippen molar-refractivity contribution in [2.75, 3.05) is 67.1 Å². The van der Waals surface area contributed by atoms with Crippen LogP contribution in [0, 0.1) is 0 Å². The lowest BCUT2D eigenvalue weighted by atomic mass is 10.1. The molecule has 8 nitrogen and oxygen atoms in total. The summed E-state index contributed by atoms with van der Waals surface area (Å²) in [6.45, 7) is 6.47. The molecule has 158 valence electrons. The summed E-state index contributed by atoms with van der Waals surface area (Å²) in [7, 11) is 5.47. The second-order valence-corrected chi connectivity index (χ2v) is 7.16. The molecule has 1 fully saturated rings. The highest BCUT2D eigenvalue weighted by Gasteiger charge is 2.23. The molecule has 1 heterocycles. The maximum Gasteiger partial charge on any atom is 0.409 e. The molecule has 1 aliphatic heterocycles. The molecular formula is C20H33N3O5. The predicted molar refractivity (Wildman–Crippen MR) is 107 cm³/mol. The van der Waals surface area contributed by atoms with Gasteiger partial charge in [0.15, 0.2) is 0 Å². The van der Waals surface area contributed by atoms with Crippen LogP contribution in [0.5, 0.6) is 11.5 Å². The first-order chi connectivity index (χ1) is 13.4. The number of benzene rings is 1. The molecule has 0 aromatic heterocycles. The summed E-state index contributed by atoms with van der Waals surface area (Å²) in [6.07, 6.45) is -0.805. The fraction of sp³-hybridized carbons (Fsp3) is 0.650. The van der Waals surface area contributed by atoms with E-state index in [1.807, 2.05) is 44.1 Å². The van der Waals surface area contributed by atoms with Gasteiger partial charge in [0.05, 0.1) is 13.7 Å². The first-order valence-electron chi connectivity index (χ1n) is 9.69. The summed E-state index contributed by atoms with van der Waals surface area (Å²) in [4.78, 5) is 17.8. The molecular weight excluding hydrogens is 362 g/mol. The number of carbonyl (C=O) groups is 1. The fourth-order valence-electron chi connectivity index (χ4n) is 3.15. The number of aliphatic hydroxyl groups is 1. The molecule has 0 bridgehead atoms. The smallest absolute Gasteiger partial charge is 0.409 e. The van der Waals surface area contributed by atoms with Crippen LogP contribution < -0.4 is 9.47 Å². The van der Waals surface area contributed by atoms with Crippen molar-refractivity contribution in [1.82, 2.24) is 14.7 Å². The van der Waals surface area contributed by atoms with Crippen LogP contribution >= 0.6 is 0 Å². The van der Waals surface area contributed by atoms with Gasteiger partial charge in [-0.2, -0.15) is 0 Å². The van der Waals surface area contributed by atoms with E-state index < -0.39 is 6.10 Å². The summed E-state index contributed by atoms with van der Waals surface area (Å²) in [5.41, 5.74) is 1.00. The number of methoxy groups -OCH3 is 1. The van der Waals surface area contributed by atoms with E-state index in [1.54, 1.807) is 12.0 Å². The Bertz CT molecular complexity index is 618. The van der Waals surface area contributed by atoms with Crippen LogP contribution in [0.15, 0.2) is 18.2 Å². The maximum atomic E-state index is 11.8. The molecule has 1 saturated heterocycles. The highest BCUT2D eigenvalue weighted by atomic mass is 16.6. The topological polar surface area (TPSA) is 74.7 Å². The van der Waals surface area contributed by atoms with Crippen LogP contribution in [0.4, 0.5) is 4.79 Å². The molecule has 2 rings (SSSR count). The molecule has 1 atom stereocenters. The van der Waals surface area contributed by atoms with Crippen LogP contribution in [-0.4, -0.2) is 99.1 Å². The van der Waals surface area contributed by atoms with Gasteiger partial charge >= 0.3 is 6.09 Å². The lowest BCUT2D eigenvalue weighted by Gasteiger charge is -2.34. The van der Waals surface area contributed by atoms with E-state index in [0.29, 0.717) is 32.8 Å². The van der Waals surface area contributed by atoms with E-state index >= 15 is 0 Å². The van der Waals surface area contributed by atoms with E-state index in [4.69, 9.17) is 14.2 Å². The lowest BCUT2D eigenvalue weighted by Crippen LogP contribution is -2.48. The Hall–Kier alpha value is -2.03. The minimum atomic E-state index is -0.557. The zero-order chi connectivity index (χ0) is 20.5. The Balaban J connectivity index is 1.97. The quantitative estimate of drug-likeness (QED) is 0.675. The molecule has 0 radical (unpaired) electrons. The summed E-state index contributed by atoms with van der Waals surface area (Å²) in [5.74, 6) is 1.51. The average molecular weight is 396 g/mol. The van der Waals surface area contributed by atoms with Crippen molar-refractivity contribution in [3.63, 3.8) is 0 Å². The molecule has 1 aromatic rings. The molecule has 0 spiro atoms. The van der Waals surface area contributed by atoms with E-state index in [0.717, 1.165) is 30.2 Å². The van der Waals surface area contributed by atoms with Gasteiger partial charge in [-0.15, -0.1) is 0 Å². The molecule has 1 amide bonds. The lowest BCUT2D eigenvalue weighted by molar-refractivity contribution is 0.0753. The Morgan fingerprint density at radius 3 is 2.57 bits per heavy atom. The number of aliphatic hydroxyl groups excluding tert-OH is 1.